The van der Waals surface area contributed by atoms with Gasteiger partial charge in [-0.2, -0.15) is 0 Å². The van der Waals surface area contributed by atoms with Crippen LogP contribution in [0.2, 0.25) is 0 Å². The van der Waals surface area contributed by atoms with E-state index in [-0.39, 0.29) is 0 Å². The van der Waals surface area contributed by atoms with Gasteiger partial charge in [0.05, 0.1) is 5.52 Å². The van der Waals surface area contributed by atoms with Gasteiger partial charge in [-0.1, -0.05) is 24.3 Å². The van der Waals surface area contributed by atoms with Crippen LogP contribution < -0.4 is 10.9 Å². The van der Waals surface area contributed by atoms with Crippen LogP contribution in [0.4, 0.5) is 0 Å². The van der Waals surface area contributed by atoms with Crippen molar-refractivity contribution in [3.63, 3.8) is 0 Å². The van der Waals surface area contributed by atoms with Crippen molar-refractivity contribution in [2.75, 3.05) is 13.1 Å². The molecule has 0 atom stereocenters. The molecule has 1 saturated heterocycles. The molecular formula is C12H15N3. The summed E-state index contributed by atoms with van der Waals surface area (Å²) in [6.07, 6.45) is 3.09. The topological polar surface area (TPSA) is 37.0 Å². The summed E-state index contributed by atoms with van der Waals surface area (Å²) in [6.45, 7) is 2.28. The van der Waals surface area contributed by atoms with Crippen molar-refractivity contribution in [3.05, 3.63) is 42.6 Å². The van der Waals surface area contributed by atoms with Crippen LogP contribution in [-0.4, -0.2) is 18.1 Å². The lowest BCUT2D eigenvalue weighted by Gasteiger charge is -1.91. The number of nitrogens with zero attached hydrogens (tertiary/aromatic N) is 1. The molecule has 1 aliphatic rings. The van der Waals surface area contributed by atoms with Gasteiger partial charge in [-0.3, -0.25) is 15.8 Å². The molecule has 0 amide bonds. The van der Waals surface area contributed by atoms with Gasteiger partial charge in [0.2, 0.25) is 0 Å². The fourth-order valence-corrected chi connectivity index (χ4v) is 1.46. The molecule has 2 heterocycles. The number of hydrogen-bond donors (Lipinski definition) is 2. The highest BCUT2D eigenvalue weighted by atomic mass is 15.4. The van der Waals surface area contributed by atoms with Gasteiger partial charge >= 0.3 is 0 Å². The van der Waals surface area contributed by atoms with E-state index >= 15 is 0 Å². The molecule has 3 rings (SSSR count). The second kappa shape index (κ2) is 5.44. The summed E-state index contributed by atoms with van der Waals surface area (Å²) in [5.41, 5.74) is 7.00. The quantitative estimate of drug-likeness (QED) is 0.681. The zero-order chi connectivity index (χ0) is 10.3. The third kappa shape index (κ3) is 3.01. The van der Waals surface area contributed by atoms with Crippen molar-refractivity contribution < 1.29 is 0 Å². The minimum absolute atomic E-state index is 1.06. The number of hydrogen-bond acceptors (Lipinski definition) is 3. The molecule has 2 aromatic rings. The lowest BCUT2D eigenvalue weighted by Crippen LogP contribution is -2.21. The summed E-state index contributed by atoms with van der Waals surface area (Å²) in [4.78, 5) is 4.18. The molecule has 0 unspecified atom stereocenters. The molecule has 0 radical (unpaired) electrons. The van der Waals surface area contributed by atoms with Crippen molar-refractivity contribution in [3.8, 4) is 0 Å². The highest BCUT2D eigenvalue weighted by Gasteiger charge is 1.91. The van der Waals surface area contributed by atoms with E-state index in [0.717, 1.165) is 18.6 Å². The van der Waals surface area contributed by atoms with E-state index in [4.69, 9.17) is 0 Å². The van der Waals surface area contributed by atoms with E-state index in [1.807, 2.05) is 30.5 Å². The van der Waals surface area contributed by atoms with Gasteiger partial charge < -0.3 is 0 Å². The predicted molar refractivity (Wildman–Crippen MR) is 62.4 cm³/mol. The first-order chi connectivity index (χ1) is 7.47. The normalized spacial score (nSPS) is 14.7. The minimum Gasteiger partial charge on any atom is -0.258 e. The number of benzene rings is 1. The minimum atomic E-state index is 1.06. The van der Waals surface area contributed by atoms with Gasteiger partial charge in [0.25, 0.3) is 0 Å². The fourth-order valence-electron chi connectivity index (χ4n) is 1.46. The maximum atomic E-state index is 4.18. The van der Waals surface area contributed by atoms with Crippen LogP contribution in [0.5, 0.6) is 0 Å². The fraction of sp³-hybridized carbons (Fsp3) is 0.250. The smallest absolute Gasteiger partial charge is 0.0701 e. The van der Waals surface area contributed by atoms with Gasteiger partial charge in [0, 0.05) is 24.7 Å². The first kappa shape index (κ1) is 10.1. The Bertz CT molecular complexity index is 337. The average molecular weight is 201 g/mol. The Kier molecular flexibility index (Phi) is 3.65. The molecule has 1 fully saturated rings. The lowest BCUT2D eigenvalue weighted by atomic mass is 10.2. The van der Waals surface area contributed by atoms with Crippen LogP contribution in [0.3, 0.4) is 0 Å². The first-order valence-electron chi connectivity index (χ1n) is 5.22. The van der Waals surface area contributed by atoms with Crippen molar-refractivity contribution in [2.45, 2.75) is 6.42 Å². The number of fused-ring (bicyclic) bond motifs is 1. The van der Waals surface area contributed by atoms with Gasteiger partial charge in [-0.15, -0.1) is 0 Å². The standard InChI is InChI=1S/C9H7N.C3H8N2/c1-2-6-9-8(4-1)5-3-7-10-9;1-2-4-5-3-1/h1-7H;4-5H,1-3H2. The number of para-hydroxylation sites is 1. The highest BCUT2D eigenvalue weighted by Crippen LogP contribution is 2.07. The maximum absolute atomic E-state index is 4.18. The Balaban J connectivity index is 0.000000144. The Morgan fingerprint density at radius 2 is 1.67 bits per heavy atom. The second-order valence-corrected chi connectivity index (χ2v) is 3.40. The SMILES string of the molecule is C1CNNC1.c1ccc2ncccc2c1. The van der Waals surface area contributed by atoms with Crippen LogP contribution in [0.15, 0.2) is 42.6 Å². The van der Waals surface area contributed by atoms with E-state index in [1.165, 1.54) is 11.8 Å². The maximum Gasteiger partial charge on any atom is 0.0701 e. The van der Waals surface area contributed by atoms with E-state index in [1.54, 1.807) is 0 Å². The Labute approximate surface area is 89.5 Å². The van der Waals surface area contributed by atoms with E-state index in [9.17, 15) is 0 Å². The highest BCUT2D eigenvalue weighted by molar-refractivity contribution is 5.77. The van der Waals surface area contributed by atoms with Crippen LogP contribution in [-0.2, 0) is 0 Å². The summed E-state index contributed by atoms with van der Waals surface area (Å²) in [6, 6.07) is 12.1. The van der Waals surface area contributed by atoms with E-state index < -0.39 is 0 Å². The summed E-state index contributed by atoms with van der Waals surface area (Å²) >= 11 is 0. The van der Waals surface area contributed by atoms with Gasteiger partial charge in [-0.05, 0) is 18.6 Å². The molecule has 2 N–H and O–H groups in total. The zero-order valence-corrected chi connectivity index (χ0v) is 8.61. The number of aromatic nitrogens is 1. The zero-order valence-electron chi connectivity index (χ0n) is 8.61. The van der Waals surface area contributed by atoms with Crippen molar-refractivity contribution in [1.29, 1.82) is 0 Å². The number of hydrazine groups is 1. The number of nitrogens with one attached hydrogen (secondary N) is 2. The molecule has 0 aliphatic carbocycles. The molecule has 3 nitrogen and oxygen atoms in total. The first-order valence-corrected chi connectivity index (χ1v) is 5.22. The van der Waals surface area contributed by atoms with Crippen LogP contribution >= 0.6 is 0 Å². The summed E-state index contributed by atoms with van der Waals surface area (Å²) < 4.78 is 0. The molecule has 78 valence electrons. The molecule has 0 saturated carbocycles. The number of pyridine rings is 1. The summed E-state index contributed by atoms with van der Waals surface area (Å²) in [5.74, 6) is 0. The monoisotopic (exact) mass is 201 g/mol. The average Bonchev–Trinajstić information content (AvgIpc) is 2.88. The van der Waals surface area contributed by atoms with Gasteiger partial charge in [0.15, 0.2) is 0 Å². The molecule has 3 heteroatoms. The van der Waals surface area contributed by atoms with Crippen molar-refractivity contribution in [1.82, 2.24) is 15.8 Å². The second-order valence-electron chi connectivity index (χ2n) is 3.40. The molecular weight excluding hydrogens is 186 g/mol. The Hall–Kier alpha value is -1.45. The van der Waals surface area contributed by atoms with Gasteiger partial charge in [-0.25, -0.2) is 0 Å². The molecule has 0 bridgehead atoms. The number of rotatable bonds is 0. The van der Waals surface area contributed by atoms with Gasteiger partial charge in [0.1, 0.15) is 0 Å². The third-order valence-electron chi connectivity index (χ3n) is 2.24. The van der Waals surface area contributed by atoms with Crippen molar-refractivity contribution >= 4 is 10.9 Å². The summed E-state index contributed by atoms with van der Waals surface area (Å²) in [5, 5.41) is 1.20. The van der Waals surface area contributed by atoms with E-state index in [2.05, 4.69) is 28.0 Å². The molecule has 1 aromatic heterocycles. The van der Waals surface area contributed by atoms with E-state index in [0.29, 0.717) is 0 Å². The van der Waals surface area contributed by atoms with Crippen LogP contribution in [0.25, 0.3) is 10.9 Å². The van der Waals surface area contributed by atoms with Crippen LogP contribution in [0, 0.1) is 0 Å². The molecule has 1 aliphatic heterocycles. The third-order valence-corrected chi connectivity index (χ3v) is 2.24. The molecule has 1 aromatic carbocycles. The summed E-state index contributed by atoms with van der Waals surface area (Å²) in [7, 11) is 0. The van der Waals surface area contributed by atoms with Crippen molar-refractivity contribution in [2.24, 2.45) is 0 Å². The predicted octanol–water partition coefficient (Wildman–Crippen LogP) is 1.72. The Morgan fingerprint density at radius 3 is 2.33 bits per heavy atom. The molecule has 15 heavy (non-hydrogen) atoms. The Morgan fingerprint density at radius 1 is 0.933 bits per heavy atom. The van der Waals surface area contributed by atoms with Crippen LogP contribution in [0.1, 0.15) is 6.42 Å². The lowest BCUT2D eigenvalue weighted by molar-refractivity contribution is 0.689. The molecule has 0 spiro atoms. The largest absolute Gasteiger partial charge is 0.258 e.